The lowest BCUT2D eigenvalue weighted by Crippen LogP contribution is -2.33. The first-order valence-electron chi connectivity index (χ1n) is 6.44. The number of hydrogen-bond acceptors (Lipinski definition) is 7. The van der Waals surface area contributed by atoms with E-state index < -0.39 is 11.1 Å². The molecule has 0 aliphatic rings. The van der Waals surface area contributed by atoms with Crippen LogP contribution in [0.2, 0.25) is 0 Å². The van der Waals surface area contributed by atoms with E-state index in [4.69, 9.17) is 0 Å². The maximum absolute atomic E-state index is 11.3. The van der Waals surface area contributed by atoms with E-state index in [-0.39, 0.29) is 0 Å². The van der Waals surface area contributed by atoms with Crippen molar-refractivity contribution in [2.45, 2.75) is 30.5 Å². The molecule has 0 atom stereocenters. The third-order valence-corrected chi connectivity index (χ3v) is 3.48. The van der Waals surface area contributed by atoms with Gasteiger partial charge >= 0.3 is 11.1 Å². The predicted molar refractivity (Wildman–Crippen MR) is 79.8 cm³/mol. The number of rotatable bonds is 5. The number of aryl methyl sites for hydroxylation is 2. The van der Waals surface area contributed by atoms with E-state index in [9.17, 15) is 9.59 Å². The Morgan fingerprint density at radius 2 is 2.10 bits per heavy atom. The Bertz CT molecular complexity index is 754. The second-order valence-electron chi connectivity index (χ2n) is 4.37. The molecular formula is C12H16N6O2S. The van der Waals surface area contributed by atoms with Crippen LogP contribution in [-0.4, -0.2) is 31.3 Å². The monoisotopic (exact) mass is 308 g/mol. The number of nitrogens with zero attached hydrogens (tertiary/aromatic N) is 4. The number of aromatic amines is 1. The first-order valence-corrected chi connectivity index (χ1v) is 7.26. The van der Waals surface area contributed by atoms with E-state index in [1.165, 1.54) is 16.4 Å². The van der Waals surface area contributed by atoms with E-state index in [0.29, 0.717) is 16.0 Å². The number of anilines is 1. The van der Waals surface area contributed by atoms with Crippen molar-refractivity contribution in [1.82, 2.24) is 24.7 Å². The molecule has 0 bridgehead atoms. The Balaban J connectivity index is 2.31. The summed E-state index contributed by atoms with van der Waals surface area (Å²) in [5, 5.41) is 6.59. The summed E-state index contributed by atoms with van der Waals surface area (Å²) in [7, 11) is 1.61. The standard InChI is InChI=1S/C12H16N6O2S/c1-4-5-13-8-6-9(15-7(2)14-8)21-12-16-10(19)11(20)17-18(12)3/h6H,4-5H2,1-3H3,(H,17,20)(H,13,14,15). The second-order valence-corrected chi connectivity index (χ2v) is 5.35. The Hall–Kier alpha value is -2.16. The van der Waals surface area contributed by atoms with Crippen molar-refractivity contribution in [3.63, 3.8) is 0 Å². The van der Waals surface area contributed by atoms with Crippen molar-refractivity contribution in [2.75, 3.05) is 11.9 Å². The Kier molecular flexibility index (Phi) is 4.73. The summed E-state index contributed by atoms with van der Waals surface area (Å²) in [5.41, 5.74) is -1.56. The third kappa shape index (κ3) is 3.91. The van der Waals surface area contributed by atoms with Crippen molar-refractivity contribution >= 4 is 17.6 Å². The van der Waals surface area contributed by atoms with Crippen LogP contribution in [0.15, 0.2) is 25.8 Å². The summed E-state index contributed by atoms with van der Waals surface area (Å²) < 4.78 is 1.39. The van der Waals surface area contributed by atoms with Crippen LogP contribution < -0.4 is 16.4 Å². The molecular weight excluding hydrogens is 292 g/mol. The number of aromatic nitrogens is 5. The number of hydrogen-bond donors (Lipinski definition) is 2. The van der Waals surface area contributed by atoms with Crippen LogP contribution in [0.5, 0.6) is 0 Å². The summed E-state index contributed by atoms with van der Waals surface area (Å²) in [6, 6.07) is 1.78. The zero-order chi connectivity index (χ0) is 15.4. The second kappa shape index (κ2) is 6.53. The van der Waals surface area contributed by atoms with Gasteiger partial charge in [0.25, 0.3) is 0 Å². The lowest BCUT2D eigenvalue weighted by molar-refractivity contribution is 0.596. The molecule has 2 rings (SSSR count). The Morgan fingerprint density at radius 1 is 1.33 bits per heavy atom. The van der Waals surface area contributed by atoms with Crippen LogP contribution in [0.4, 0.5) is 5.82 Å². The average Bonchev–Trinajstić information content (AvgIpc) is 2.42. The van der Waals surface area contributed by atoms with Gasteiger partial charge in [0, 0.05) is 19.7 Å². The summed E-state index contributed by atoms with van der Waals surface area (Å²) >= 11 is 1.19. The zero-order valence-corrected chi connectivity index (χ0v) is 12.8. The van der Waals surface area contributed by atoms with E-state index >= 15 is 0 Å². The van der Waals surface area contributed by atoms with Gasteiger partial charge in [-0.15, -0.1) is 0 Å². The molecule has 2 aromatic heterocycles. The van der Waals surface area contributed by atoms with E-state index in [1.807, 2.05) is 0 Å². The molecule has 0 aromatic carbocycles. The molecule has 0 saturated carbocycles. The molecule has 112 valence electrons. The molecule has 21 heavy (non-hydrogen) atoms. The molecule has 0 fully saturated rings. The molecule has 8 nitrogen and oxygen atoms in total. The van der Waals surface area contributed by atoms with Gasteiger partial charge in [-0.05, 0) is 25.1 Å². The molecule has 0 spiro atoms. The van der Waals surface area contributed by atoms with Crippen molar-refractivity contribution < 1.29 is 0 Å². The highest BCUT2D eigenvalue weighted by molar-refractivity contribution is 7.99. The normalized spacial score (nSPS) is 10.6. The zero-order valence-electron chi connectivity index (χ0n) is 12.0. The van der Waals surface area contributed by atoms with Gasteiger partial charge in [0.15, 0.2) is 5.16 Å². The predicted octanol–water partition coefficient (Wildman–Crippen LogP) is 0.540. The molecule has 2 heterocycles. The minimum atomic E-state index is -0.814. The highest BCUT2D eigenvalue weighted by Crippen LogP contribution is 2.24. The van der Waals surface area contributed by atoms with E-state index in [0.717, 1.165) is 18.8 Å². The van der Waals surface area contributed by atoms with Crippen LogP contribution in [0.25, 0.3) is 0 Å². The first-order chi connectivity index (χ1) is 9.99. The van der Waals surface area contributed by atoms with Crippen LogP contribution in [0.3, 0.4) is 0 Å². The number of nitrogens with one attached hydrogen (secondary N) is 2. The van der Waals surface area contributed by atoms with Gasteiger partial charge in [-0.1, -0.05) is 6.92 Å². The molecule has 0 radical (unpaired) electrons. The van der Waals surface area contributed by atoms with Gasteiger partial charge in [-0.25, -0.2) is 9.97 Å². The van der Waals surface area contributed by atoms with E-state index in [2.05, 4.69) is 32.3 Å². The lowest BCUT2D eigenvalue weighted by atomic mass is 10.4. The smallest absolute Gasteiger partial charge is 0.339 e. The van der Waals surface area contributed by atoms with Crippen LogP contribution >= 0.6 is 11.8 Å². The topological polar surface area (TPSA) is 106 Å². The van der Waals surface area contributed by atoms with Crippen molar-refractivity contribution in [1.29, 1.82) is 0 Å². The van der Waals surface area contributed by atoms with Crippen molar-refractivity contribution in [3.05, 3.63) is 32.6 Å². The molecule has 2 N–H and O–H groups in total. The molecule has 0 saturated heterocycles. The maximum Gasteiger partial charge on any atom is 0.339 e. The van der Waals surface area contributed by atoms with Gasteiger partial charge in [-0.2, -0.15) is 4.98 Å². The van der Waals surface area contributed by atoms with Crippen LogP contribution in [-0.2, 0) is 7.05 Å². The van der Waals surface area contributed by atoms with Gasteiger partial charge < -0.3 is 5.32 Å². The minimum absolute atomic E-state index is 0.360. The number of H-pyrrole nitrogens is 1. The van der Waals surface area contributed by atoms with Crippen molar-refractivity contribution in [2.24, 2.45) is 7.05 Å². The fraction of sp³-hybridized carbons (Fsp3) is 0.417. The third-order valence-electron chi connectivity index (χ3n) is 2.51. The van der Waals surface area contributed by atoms with Gasteiger partial charge in [0.2, 0.25) is 0 Å². The quantitative estimate of drug-likeness (QED) is 0.613. The summed E-state index contributed by atoms with van der Waals surface area (Å²) in [4.78, 5) is 34.8. The fourth-order valence-corrected chi connectivity index (χ4v) is 2.43. The van der Waals surface area contributed by atoms with Gasteiger partial charge in [0.1, 0.15) is 16.7 Å². The summed E-state index contributed by atoms with van der Waals surface area (Å²) in [5.74, 6) is 1.34. The lowest BCUT2D eigenvalue weighted by Gasteiger charge is -2.08. The summed E-state index contributed by atoms with van der Waals surface area (Å²) in [6.45, 7) is 4.67. The van der Waals surface area contributed by atoms with Gasteiger partial charge in [0.05, 0.1) is 0 Å². The van der Waals surface area contributed by atoms with Gasteiger partial charge in [-0.3, -0.25) is 19.4 Å². The molecule has 2 aromatic rings. The molecule has 0 aliphatic heterocycles. The molecule has 0 amide bonds. The minimum Gasteiger partial charge on any atom is -0.370 e. The average molecular weight is 308 g/mol. The Morgan fingerprint density at radius 3 is 2.81 bits per heavy atom. The molecule has 9 heteroatoms. The Labute approximate surface area is 125 Å². The molecule has 0 unspecified atom stereocenters. The molecule has 0 aliphatic carbocycles. The fourth-order valence-electron chi connectivity index (χ4n) is 1.58. The highest BCUT2D eigenvalue weighted by Gasteiger charge is 2.09. The van der Waals surface area contributed by atoms with Crippen molar-refractivity contribution in [3.8, 4) is 0 Å². The van der Waals surface area contributed by atoms with Crippen LogP contribution in [0.1, 0.15) is 19.2 Å². The van der Waals surface area contributed by atoms with E-state index in [1.54, 1.807) is 20.0 Å². The SMILES string of the molecule is CCCNc1cc(Sc2nc(=O)c(=O)[nH]n2C)nc(C)n1. The summed E-state index contributed by atoms with van der Waals surface area (Å²) in [6.07, 6.45) is 0.988. The maximum atomic E-state index is 11.3. The van der Waals surface area contributed by atoms with Crippen LogP contribution in [0, 0.1) is 6.92 Å². The highest BCUT2D eigenvalue weighted by atomic mass is 32.2. The largest absolute Gasteiger partial charge is 0.370 e. The first kappa shape index (κ1) is 15.2.